The van der Waals surface area contributed by atoms with Gasteiger partial charge in [0.05, 0.1) is 18.8 Å². The van der Waals surface area contributed by atoms with Gasteiger partial charge in [-0.1, -0.05) is 90.9 Å². The maximum atomic E-state index is 11.5. The predicted octanol–water partition coefficient (Wildman–Crippen LogP) is 6.97. The Morgan fingerprint density at radius 2 is 1.19 bits per heavy atom. The summed E-state index contributed by atoms with van der Waals surface area (Å²) < 4.78 is 11.0. The first-order valence-corrected chi connectivity index (χ1v) is 11.6. The normalized spacial score (nSPS) is 18.8. The molecule has 0 spiro atoms. The molecule has 1 aliphatic rings. The van der Waals surface area contributed by atoms with Crippen LogP contribution in [0.15, 0.2) is 0 Å². The van der Waals surface area contributed by atoms with Crippen molar-refractivity contribution in [1.29, 1.82) is 0 Å². The standard InChI is InChI=1S/C23H44O3/c1-3-5-7-8-10-13-17-21-22(26-21)18-14-11-9-12-15-19-23(24)25-20-16-6-4-2/h21-22H,3-20H2,1-2H3. The Bertz CT molecular complexity index is 329. The van der Waals surface area contributed by atoms with E-state index in [1.165, 1.54) is 77.0 Å². The summed E-state index contributed by atoms with van der Waals surface area (Å²) in [7, 11) is 0. The van der Waals surface area contributed by atoms with Crippen LogP contribution >= 0.6 is 0 Å². The van der Waals surface area contributed by atoms with Crippen LogP contribution in [0, 0.1) is 0 Å². The molecule has 0 radical (unpaired) electrons. The van der Waals surface area contributed by atoms with Crippen LogP contribution in [-0.4, -0.2) is 24.8 Å². The highest BCUT2D eigenvalue weighted by Gasteiger charge is 2.36. The zero-order valence-corrected chi connectivity index (χ0v) is 17.6. The Morgan fingerprint density at radius 1 is 0.692 bits per heavy atom. The lowest BCUT2D eigenvalue weighted by molar-refractivity contribution is -0.143. The van der Waals surface area contributed by atoms with Gasteiger partial charge in [0.15, 0.2) is 0 Å². The van der Waals surface area contributed by atoms with Crippen LogP contribution in [0.4, 0.5) is 0 Å². The molecule has 0 amide bonds. The third-order valence-electron chi connectivity index (χ3n) is 5.41. The van der Waals surface area contributed by atoms with Gasteiger partial charge in [-0.05, 0) is 25.7 Å². The summed E-state index contributed by atoms with van der Waals surface area (Å²) >= 11 is 0. The first kappa shape index (κ1) is 23.5. The van der Waals surface area contributed by atoms with E-state index in [1.807, 2.05) is 0 Å². The molecule has 1 saturated heterocycles. The first-order valence-electron chi connectivity index (χ1n) is 11.6. The van der Waals surface area contributed by atoms with Crippen molar-refractivity contribution < 1.29 is 14.3 Å². The number of esters is 1. The second-order valence-electron chi connectivity index (χ2n) is 8.00. The van der Waals surface area contributed by atoms with E-state index < -0.39 is 0 Å². The Labute approximate surface area is 162 Å². The average molecular weight is 369 g/mol. The first-order chi connectivity index (χ1) is 12.8. The molecule has 3 heteroatoms. The van der Waals surface area contributed by atoms with Crippen molar-refractivity contribution in [2.24, 2.45) is 0 Å². The van der Waals surface area contributed by atoms with Gasteiger partial charge in [-0.15, -0.1) is 0 Å². The van der Waals surface area contributed by atoms with Crippen molar-refractivity contribution in [3.63, 3.8) is 0 Å². The fourth-order valence-corrected chi connectivity index (χ4v) is 3.57. The number of ether oxygens (including phenoxy) is 2. The molecular formula is C23H44O3. The summed E-state index contributed by atoms with van der Waals surface area (Å²) in [6, 6.07) is 0. The molecule has 1 rings (SSSR count). The summed E-state index contributed by atoms with van der Waals surface area (Å²) in [6.45, 7) is 5.03. The van der Waals surface area contributed by atoms with Crippen LogP contribution < -0.4 is 0 Å². The Hall–Kier alpha value is -0.570. The molecular weight excluding hydrogens is 324 g/mol. The molecule has 0 saturated carbocycles. The summed E-state index contributed by atoms with van der Waals surface area (Å²) in [6.07, 6.45) is 21.7. The van der Waals surface area contributed by atoms with E-state index in [2.05, 4.69) is 13.8 Å². The predicted molar refractivity (Wildman–Crippen MR) is 109 cm³/mol. The van der Waals surface area contributed by atoms with E-state index in [9.17, 15) is 4.79 Å². The van der Waals surface area contributed by atoms with Crippen LogP contribution in [0.3, 0.4) is 0 Å². The van der Waals surface area contributed by atoms with E-state index in [1.54, 1.807) is 0 Å². The number of carbonyl (C=O) groups excluding carboxylic acids is 1. The van der Waals surface area contributed by atoms with E-state index in [4.69, 9.17) is 9.47 Å². The van der Waals surface area contributed by atoms with E-state index in [0.29, 0.717) is 25.2 Å². The molecule has 1 heterocycles. The van der Waals surface area contributed by atoms with Gasteiger partial charge in [0.2, 0.25) is 0 Å². The lowest BCUT2D eigenvalue weighted by atomic mass is 10.0. The third kappa shape index (κ3) is 13.6. The summed E-state index contributed by atoms with van der Waals surface area (Å²) in [5, 5.41) is 0. The number of carbonyl (C=O) groups is 1. The number of rotatable bonds is 19. The van der Waals surface area contributed by atoms with Gasteiger partial charge in [-0.3, -0.25) is 4.79 Å². The minimum absolute atomic E-state index is 0.00924. The Morgan fingerprint density at radius 3 is 1.81 bits per heavy atom. The number of epoxide rings is 1. The SMILES string of the molecule is CCCCCCCCC1OC1CCCCCCCC(=O)OCCCCC. The van der Waals surface area contributed by atoms with Crippen molar-refractivity contribution in [3.8, 4) is 0 Å². The van der Waals surface area contributed by atoms with E-state index >= 15 is 0 Å². The lowest BCUT2D eigenvalue weighted by Gasteiger charge is -2.04. The molecule has 0 aromatic heterocycles. The number of hydrogen-bond acceptors (Lipinski definition) is 3. The highest BCUT2D eigenvalue weighted by molar-refractivity contribution is 5.69. The van der Waals surface area contributed by atoms with Gasteiger partial charge in [-0.25, -0.2) is 0 Å². The minimum Gasteiger partial charge on any atom is -0.466 e. The van der Waals surface area contributed by atoms with Crippen LogP contribution in [-0.2, 0) is 14.3 Å². The zero-order valence-electron chi connectivity index (χ0n) is 17.6. The molecule has 154 valence electrons. The fraction of sp³-hybridized carbons (Fsp3) is 0.957. The van der Waals surface area contributed by atoms with E-state index in [0.717, 1.165) is 25.7 Å². The van der Waals surface area contributed by atoms with Crippen LogP contribution in [0.25, 0.3) is 0 Å². The highest BCUT2D eigenvalue weighted by Crippen LogP contribution is 2.31. The Balaban J connectivity index is 1.77. The lowest BCUT2D eigenvalue weighted by Crippen LogP contribution is -2.05. The van der Waals surface area contributed by atoms with Gasteiger partial charge in [0.1, 0.15) is 0 Å². The van der Waals surface area contributed by atoms with Crippen molar-refractivity contribution in [2.45, 2.75) is 135 Å². The van der Waals surface area contributed by atoms with Crippen molar-refractivity contribution in [2.75, 3.05) is 6.61 Å². The molecule has 0 aromatic carbocycles. The monoisotopic (exact) mass is 368 g/mol. The number of hydrogen-bond donors (Lipinski definition) is 0. The largest absolute Gasteiger partial charge is 0.466 e. The molecule has 0 aromatic rings. The number of unbranched alkanes of at least 4 members (excludes halogenated alkanes) is 11. The molecule has 1 aliphatic heterocycles. The smallest absolute Gasteiger partial charge is 0.305 e. The topological polar surface area (TPSA) is 38.8 Å². The van der Waals surface area contributed by atoms with Crippen molar-refractivity contribution in [3.05, 3.63) is 0 Å². The highest BCUT2D eigenvalue weighted by atomic mass is 16.6. The van der Waals surface area contributed by atoms with Crippen LogP contribution in [0.2, 0.25) is 0 Å². The molecule has 2 atom stereocenters. The van der Waals surface area contributed by atoms with E-state index in [-0.39, 0.29) is 5.97 Å². The zero-order chi connectivity index (χ0) is 18.9. The van der Waals surface area contributed by atoms with Crippen LogP contribution in [0.1, 0.15) is 123 Å². The minimum atomic E-state index is -0.00924. The quantitative estimate of drug-likeness (QED) is 0.140. The summed E-state index contributed by atoms with van der Waals surface area (Å²) in [5.74, 6) is -0.00924. The van der Waals surface area contributed by atoms with Gasteiger partial charge in [-0.2, -0.15) is 0 Å². The van der Waals surface area contributed by atoms with Gasteiger partial charge in [0, 0.05) is 6.42 Å². The van der Waals surface area contributed by atoms with Crippen LogP contribution in [0.5, 0.6) is 0 Å². The van der Waals surface area contributed by atoms with Crippen molar-refractivity contribution in [1.82, 2.24) is 0 Å². The van der Waals surface area contributed by atoms with Gasteiger partial charge < -0.3 is 9.47 Å². The average Bonchev–Trinajstić information content (AvgIpc) is 3.39. The molecule has 2 unspecified atom stereocenters. The second-order valence-corrected chi connectivity index (χ2v) is 8.00. The van der Waals surface area contributed by atoms with Gasteiger partial charge in [0.25, 0.3) is 0 Å². The summed E-state index contributed by atoms with van der Waals surface area (Å²) in [4.78, 5) is 11.5. The Kier molecular flexibility index (Phi) is 15.0. The molecule has 0 bridgehead atoms. The molecule has 26 heavy (non-hydrogen) atoms. The fourth-order valence-electron chi connectivity index (χ4n) is 3.57. The maximum Gasteiger partial charge on any atom is 0.305 e. The molecule has 3 nitrogen and oxygen atoms in total. The molecule has 0 N–H and O–H groups in total. The second kappa shape index (κ2) is 16.6. The van der Waals surface area contributed by atoms with Crippen molar-refractivity contribution >= 4 is 5.97 Å². The van der Waals surface area contributed by atoms with Gasteiger partial charge >= 0.3 is 5.97 Å². The molecule has 0 aliphatic carbocycles. The maximum absolute atomic E-state index is 11.5. The summed E-state index contributed by atoms with van der Waals surface area (Å²) in [5.41, 5.74) is 0. The molecule has 1 fully saturated rings. The third-order valence-corrected chi connectivity index (χ3v) is 5.41.